The summed E-state index contributed by atoms with van der Waals surface area (Å²) < 4.78 is 0. The van der Waals surface area contributed by atoms with Crippen molar-refractivity contribution in [1.29, 1.82) is 10.5 Å². The fraction of sp³-hybridized carbons (Fsp3) is 0.200. The van der Waals surface area contributed by atoms with Crippen molar-refractivity contribution in [3.63, 3.8) is 0 Å². The Morgan fingerprint density at radius 1 is 1.25 bits per heavy atom. The van der Waals surface area contributed by atoms with Gasteiger partial charge < -0.3 is 0 Å². The monoisotopic (exact) mass is 158 g/mol. The van der Waals surface area contributed by atoms with Crippen LogP contribution in [0.3, 0.4) is 0 Å². The van der Waals surface area contributed by atoms with Crippen molar-refractivity contribution in [2.24, 2.45) is 0 Å². The molecule has 0 aliphatic carbocycles. The van der Waals surface area contributed by atoms with Gasteiger partial charge in [-0.1, -0.05) is 12.2 Å². The van der Waals surface area contributed by atoms with Gasteiger partial charge in [0.25, 0.3) is 0 Å². The van der Waals surface area contributed by atoms with Crippen molar-refractivity contribution in [2.75, 3.05) is 0 Å². The summed E-state index contributed by atoms with van der Waals surface area (Å²) in [6.45, 7) is 3.51. The van der Waals surface area contributed by atoms with Crippen LogP contribution in [0.5, 0.6) is 0 Å². The molecule has 0 heterocycles. The molecule has 0 bridgehead atoms. The summed E-state index contributed by atoms with van der Waals surface area (Å²) in [5.41, 5.74) is 1.22. The Morgan fingerprint density at radius 3 is 2.33 bits per heavy atom. The van der Waals surface area contributed by atoms with Crippen molar-refractivity contribution in [3.8, 4) is 12.1 Å². The number of rotatable bonds is 2. The van der Waals surface area contributed by atoms with Crippen molar-refractivity contribution in [1.82, 2.24) is 0 Å². The van der Waals surface area contributed by atoms with Gasteiger partial charge in [0.15, 0.2) is 0 Å². The highest BCUT2D eigenvalue weighted by atomic mass is 14.2. The molecule has 0 rings (SSSR count). The molecule has 0 atom stereocenters. The zero-order valence-corrected chi connectivity index (χ0v) is 7.20. The molecule has 0 fully saturated rings. The number of nitriles is 2. The first-order chi connectivity index (χ1) is 5.74. The summed E-state index contributed by atoms with van der Waals surface area (Å²) in [5, 5.41) is 16.9. The van der Waals surface area contributed by atoms with Gasteiger partial charge in [0.2, 0.25) is 0 Å². The third-order valence-corrected chi connectivity index (χ3v) is 1.24. The molecular weight excluding hydrogens is 148 g/mol. The van der Waals surface area contributed by atoms with Crippen LogP contribution in [0.15, 0.2) is 35.5 Å². The minimum atomic E-state index is 0.594. The van der Waals surface area contributed by atoms with Crippen molar-refractivity contribution in [2.45, 2.75) is 13.8 Å². The van der Waals surface area contributed by atoms with E-state index in [-0.39, 0.29) is 0 Å². The Labute approximate surface area is 72.7 Å². The standard InChI is InChI=1S/C10H10N2/c1-3-10(8-12)6-4-5-9(2)7-11/h3-6H,1-2H3/b6-4-,9-5+,10-3-. The van der Waals surface area contributed by atoms with E-state index in [0.29, 0.717) is 11.1 Å². The Balaban J connectivity index is 4.31. The summed E-state index contributed by atoms with van der Waals surface area (Å²) in [4.78, 5) is 0. The Kier molecular flexibility index (Phi) is 5.05. The lowest BCUT2D eigenvalue weighted by molar-refractivity contribution is 1.44. The van der Waals surface area contributed by atoms with Gasteiger partial charge in [-0.25, -0.2) is 0 Å². The van der Waals surface area contributed by atoms with Gasteiger partial charge in [0.05, 0.1) is 12.1 Å². The predicted octanol–water partition coefficient (Wildman–Crippen LogP) is 2.48. The summed E-state index contributed by atoms with van der Waals surface area (Å²) in [6, 6.07) is 3.99. The van der Waals surface area contributed by atoms with E-state index in [4.69, 9.17) is 10.5 Å². The number of nitrogens with zero attached hydrogens (tertiary/aromatic N) is 2. The highest BCUT2D eigenvalue weighted by Crippen LogP contribution is 1.96. The molecule has 0 N–H and O–H groups in total. The molecule has 0 aliphatic rings. The number of allylic oxidation sites excluding steroid dienone is 6. The number of hydrogen-bond acceptors (Lipinski definition) is 2. The topological polar surface area (TPSA) is 47.6 Å². The van der Waals surface area contributed by atoms with Crippen LogP contribution >= 0.6 is 0 Å². The average molecular weight is 158 g/mol. The van der Waals surface area contributed by atoms with Crippen LogP contribution in [0, 0.1) is 22.7 Å². The molecule has 0 amide bonds. The zero-order valence-electron chi connectivity index (χ0n) is 7.20. The Hall–Kier alpha value is -1.80. The lowest BCUT2D eigenvalue weighted by Crippen LogP contribution is -1.69. The SMILES string of the molecule is C/C=C(C#N)/C=C\C=C(/C)C#N. The van der Waals surface area contributed by atoms with Crippen LogP contribution in [0.4, 0.5) is 0 Å². The molecule has 0 saturated heterocycles. The van der Waals surface area contributed by atoms with Gasteiger partial charge in [-0.05, 0) is 26.0 Å². The fourth-order valence-corrected chi connectivity index (χ4v) is 0.531. The molecule has 0 aliphatic heterocycles. The van der Waals surface area contributed by atoms with Crippen LogP contribution < -0.4 is 0 Å². The maximum atomic E-state index is 8.49. The second kappa shape index (κ2) is 5.95. The second-order valence-electron chi connectivity index (χ2n) is 2.18. The minimum absolute atomic E-state index is 0.594. The van der Waals surface area contributed by atoms with Gasteiger partial charge >= 0.3 is 0 Å². The second-order valence-corrected chi connectivity index (χ2v) is 2.18. The first-order valence-electron chi connectivity index (χ1n) is 3.56. The normalized spacial score (nSPS) is 12.7. The maximum Gasteiger partial charge on any atom is 0.0988 e. The Morgan fingerprint density at radius 2 is 1.92 bits per heavy atom. The van der Waals surface area contributed by atoms with E-state index in [9.17, 15) is 0 Å². The van der Waals surface area contributed by atoms with Crippen LogP contribution in [0.25, 0.3) is 0 Å². The first-order valence-corrected chi connectivity index (χ1v) is 3.56. The van der Waals surface area contributed by atoms with E-state index in [1.807, 2.05) is 12.1 Å². The quantitative estimate of drug-likeness (QED) is 0.458. The first kappa shape index (κ1) is 10.2. The van der Waals surface area contributed by atoms with Crippen LogP contribution in [0.1, 0.15) is 13.8 Å². The van der Waals surface area contributed by atoms with E-state index in [0.717, 1.165) is 0 Å². The highest BCUT2D eigenvalue weighted by molar-refractivity contribution is 5.35. The average Bonchev–Trinajstić information content (AvgIpc) is 2.12. The predicted molar refractivity (Wildman–Crippen MR) is 47.9 cm³/mol. The molecule has 0 saturated carbocycles. The summed E-state index contributed by atoms with van der Waals surface area (Å²) in [5.74, 6) is 0. The van der Waals surface area contributed by atoms with E-state index in [1.165, 1.54) is 0 Å². The molecule has 2 heteroatoms. The molecular formula is C10H10N2. The van der Waals surface area contributed by atoms with Gasteiger partial charge in [-0.15, -0.1) is 0 Å². The summed E-state index contributed by atoms with van der Waals surface area (Å²) >= 11 is 0. The Bertz CT molecular complexity index is 306. The lowest BCUT2D eigenvalue weighted by Gasteiger charge is -1.82. The minimum Gasteiger partial charge on any atom is -0.193 e. The van der Waals surface area contributed by atoms with Gasteiger partial charge in [-0.3, -0.25) is 0 Å². The third-order valence-electron chi connectivity index (χ3n) is 1.24. The van der Waals surface area contributed by atoms with Gasteiger partial charge in [0.1, 0.15) is 0 Å². The third kappa shape index (κ3) is 4.09. The number of hydrogen-bond donors (Lipinski definition) is 0. The fourth-order valence-electron chi connectivity index (χ4n) is 0.531. The summed E-state index contributed by atoms with van der Waals surface area (Å²) in [6.07, 6.45) is 6.74. The van der Waals surface area contributed by atoms with E-state index in [1.54, 1.807) is 38.2 Å². The molecule has 0 unspecified atom stereocenters. The van der Waals surface area contributed by atoms with E-state index < -0.39 is 0 Å². The molecule has 2 nitrogen and oxygen atoms in total. The molecule has 60 valence electrons. The van der Waals surface area contributed by atoms with E-state index >= 15 is 0 Å². The smallest absolute Gasteiger partial charge is 0.0988 e. The van der Waals surface area contributed by atoms with Crippen molar-refractivity contribution >= 4 is 0 Å². The van der Waals surface area contributed by atoms with Crippen LogP contribution in [-0.2, 0) is 0 Å². The van der Waals surface area contributed by atoms with Crippen LogP contribution in [-0.4, -0.2) is 0 Å². The maximum absolute atomic E-state index is 8.49. The molecule has 0 aromatic heterocycles. The largest absolute Gasteiger partial charge is 0.193 e. The molecule has 0 aromatic carbocycles. The van der Waals surface area contributed by atoms with Crippen LogP contribution in [0.2, 0.25) is 0 Å². The highest BCUT2D eigenvalue weighted by Gasteiger charge is 1.83. The molecule has 0 aromatic rings. The molecule has 12 heavy (non-hydrogen) atoms. The van der Waals surface area contributed by atoms with Gasteiger partial charge in [-0.2, -0.15) is 10.5 Å². The van der Waals surface area contributed by atoms with E-state index in [2.05, 4.69) is 0 Å². The molecule has 0 spiro atoms. The van der Waals surface area contributed by atoms with Gasteiger partial charge in [0, 0.05) is 11.1 Å². The lowest BCUT2D eigenvalue weighted by atomic mass is 10.2. The molecule has 0 radical (unpaired) electrons. The zero-order chi connectivity index (χ0) is 9.40. The van der Waals surface area contributed by atoms with Crippen molar-refractivity contribution in [3.05, 3.63) is 35.5 Å². The summed E-state index contributed by atoms with van der Waals surface area (Å²) in [7, 11) is 0. The van der Waals surface area contributed by atoms with Crippen molar-refractivity contribution < 1.29 is 0 Å².